The highest BCUT2D eigenvalue weighted by Gasteiger charge is 2.41. The second-order valence-electron chi connectivity index (χ2n) is 6.44. The maximum atomic E-state index is 12.6. The number of carbonyl (C=O) groups excluding carboxylic acids is 1. The van der Waals surface area contributed by atoms with Crippen molar-refractivity contribution in [1.82, 2.24) is 10.2 Å². The van der Waals surface area contributed by atoms with E-state index in [0.29, 0.717) is 5.56 Å². The third-order valence-electron chi connectivity index (χ3n) is 5.08. The molecule has 5 nitrogen and oxygen atoms in total. The van der Waals surface area contributed by atoms with Crippen molar-refractivity contribution in [1.29, 1.82) is 0 Å². The van der Waals surface area contributed by atoms with Crippen LogP contribution in [0.1, 0.15) is 30.9 Å². The number of likely N-dealkylation sites (tertiary alicyclic amines) is 1. The zero-order valence-electron chi connectivity index (χ0n) is 13.0. The van der Waals surface area contributed by atoms with Crippen molar-refractivity contribution in [3.05, 3.63) is 29.8 Å². The SMILES string of the molecule is COc1ccc(C(O)C(=O)N2CCC3(CCNCC3)C2)cc1. The Morgan fingerprint density at radius 2 is 1.95 bits per heavy atom. The van der Waals surface area contributed by atoms with Gasteiger partial charge in [-0.15, -0.1) is 0 Å². The Balaban J connectivity index is 1.65. The highest BCUT2D eigenvalue weighted by molar-refractivity contribution is 5.82. The minimum absolute atomic E-state index is 0.180. The van der Waals surface area contributed by atoms with Crippen molar-refractivity contribution < 1.29 is 14.6 Å². The Bertz CT molecular complexity index is 523. The van der Waals surface area contributed by atoms with Crippen LogP contribution in [0.3, 0.4) is 0 Å². The summed E-state index contributed by atoms with van der Waals surface area (Å²) in [6, 6.07) is 7.03. The smallest absolute Gasteiger partial charge is 0.256 e. The molecule has 0 radical (unpaired) electrons. The van der Waals surface area contributed by atoms with Crippen molar-refractivity contribution in [2.24, 2.45) is 5.41 Å². The molecule has 1 aromatic carbocycles. The van der Waals surface area contributed by atoms with E-state index in [1.807, 2.05) is 4.90 Å². The highest BCUT2D eigenvalue weighted by atomic mass is 16.5. The minimum Gasteiger partial charge on any atom is -0.497 e. The van der Waals surface area contributed by atoms with Crippen LogP contribution in [0.4, 0.5) is 0 Å². The average Bonchev–Trinajstić information content (AvgIpc) is 2.97. The number of rotatable bonds is 3. The van der Waals surface area contributed by atoms with Gasteiger partial charge in [0.25, 0.3) is 5.91 Å². The van der Waals surface area contributed by atoms with Gasteiger partial charge in [-0.3, -0.25) is 4.79 Å². The van der Waals surface area contributed by atoms with Gasteiger partial charge in [0.2, 0.25) is 0 Å². The Kier molecular flexibility index (Phi) is 4.36. The number of hydrogen-bond acceptors (Lipinski definition) is 4. The normalized spacial score (nSPS) is 21.8. The topological polar surface area (TPSA) is 61.8 Å². The van der Waals surface area contributed by atoms with Crippen LogP contribution < -0.4 is 10.1 Å². The number of carbonyl (C=O) groups is 1. The van der Waals surface area contributed by atoms with Crippen LogP contribution in [-0.2, 0) is 4.79 Å². The first-order valence-electron chi connectivity index (χ1n) is 7.95. The van der Waals surface area contributed by atoms with Crippen LogP contribution in [-0.4, -0.2) is 49.2 Å². The van der Waals surface area contributed by atoms with E-state index in [2.05, 4.69) is 5.32 Å². The Morgan fingerprint density at radius 1 is 1.27 bits per heavy atom. The molecule has 2 fully saturated rings. The summed E-state index contributed by atoms with van der Waals surface area (Å²) in [6.45, 7) is 3.60. The third-order valence-corrected chi connectivity index (χ3v) is 5.08. The van der Waals surface area contributed by atoms with Crippen LogP contribution in [0.2, 0.25) is 0 Å². The summed E-state index contributed by atoms with van der Waals surface area (Å²) >= 11 is 0. The highest BCUT2D eigenvalue weighted by Crippen LogP contribution is 2.39. The van der Waals surface area contributed by atoms with Gasteiger partial charge in [-0.1, -0.05) is 12.1 Å². The van der Waals surface area contributed by atoms with Crippen LogP contribution in [0.25, 0.3) is 0 Å². The minimum atomic E-state index is -1.08. The number of piperidine rings is 1. The second-order valence-corrected chi connectivity index (χ2v) is 6.44. The Morgan fingerprint density at radius 3 is 2.59 bits per heavy atom. The zero-order chi connectivity index (χ0) is 15.6. The lowest BCUT2D eigenvalue weighted by Gasteiger charge is -2.33. The summed E-state index contributed by atoms with van der Waals surface area (Å²) < 4.78 is 5.10. The number of aliphatic hydroxyl groups is 1. The summed E-state index contributed by atoms with van der Waals surface area (Å²) in [5, 5.41) is 13.7. The molecule has 0 aromatic heterocycles. The lowest BCUT2D eigenvalue weighted by molar-refractivity contribution is -0.140. The van der Waals surface area contributed by atoms with E-state index in [1.165, 1.54) is 0 Å². The van der Waals surface area contributed by atoms with Gasteiger partial charge in [0.05, 0.1) is 7.11 Å². The molecule has 120 valence electrons. The number of nitrogens with one attached hydrogen (secondary N) is 1. The molecular formula is C17H24N2O3. The number of benzene rings is 1. The lowest BCUT2D eigenvalue weighted by Crippen LogP contribution is -2.40. The summed E-state index contributed by atoms with van der Waals surface area (Å²) in [7, 11) is 1.60. The van der Waals surface area contributed by atoms with E-state index >= 15 is 0 Å². The van der Waals surface area contributed by atoms with Crippen LogP contribution >= 0.6 is 0 Å². The molecule has 0 saturated carbocycles. The maximum Gasteiger partial charge on any atom is 0.256 e. The van der Waals surface area contributed by atoms with E-state index in [1.54, 1.807) is 31.4 Å². The van der Waals surface area contributed by atoms with E-state index in [4.69, 9.17) is 4.74 Å². The molecule has 1 aromatic rings. The van der Waals surface area contributed by atoms with Gasteiger partial charge in [0.15, 0.2) is 6.10 Å². The van der Waals surface area contributed by atoms with E-state index < -0.39 is 6.10 Å². The fourth-order valence-electron chi connectivity index (χ4n) is 3.59. The number of methoxy groups -OCH3 is 1. The van der Waals surface area contributed by atoms with Crippen molar-refractivity contribution in [3.8, 4) is 5.75 Å². The molecule has 0 aliphatic carbocycles. The number of amides is 1. The monoisotopic (exact) mass is 304 g/mol. The molecule has 1 amide bonds. The van der Waals surface area contributed by atoms with Crippen LogP contribution in [0.5, 0.6) is 5.75 Å². The van der Waals surface area contributed by atoms with E-state index in [-0.39, 0.29) is 11.3 Å². The fourth-order valence-corrected chi connectivity index (χ4v) is 3.59. The molecular weight excluding hydrogens is 280 g/mol. The van der Waals surface area contributed by atoms with Gasteiger partial charge in [0.1, 0.15) is 5.75 Å². The van der Waals surface area contributed by atoms with E-state index in [0.717, 1.165) is 51.2 Å². The summed E-state index contributed by atoms with van der Waals surface area (Å²) in [6.07, 6.45) is 2.21. The Labute approximate surface area is 131 Å². The first-order chi connectivity index (χ1) is 10.6. The first kappa shape index (κ1) is 15.3. The standard InChI is InChI=1S/C17H24N2O3/c1-22-14-4-2-13(3-5-14)15(20)16(21)19-11-8-17(12-19)6-9-18-10-7-17/h2-5,15,18,20H,6-12H2,1H3. The molecule has 2 aliphatic heterocycles. The Hall–Kier alpha value is -1.59. The van der Waals surface area contributed by atoms with Crippen molar-refractivity contribution in [2.45, 2.75) is 25.4 Å². The third kappa shape index (κ3) is 2.96. The predicted molar refractivity (Wildman–Crippen MR) is 83.7 cm³/mol. The predicted octanol–water partition coefficient (Wildman–Crippen LogP) is 1.33. The second kappa shape index (κ2) is 6.26. The molecule has 1 unspecified atom stereocenters. The van der Waals surface area contributed by atoms with Gasteiger partial charge < -0.3 is 20.1 Å². The molecule has 3 rings (SSSR count). The largest absolute Gasteiger partial charge is 0.497 e. The molecule has 2 N–H and O–H groups in total. The molecule has 5 heteroatoms. The maximum absolute atomic E-state index is 12.6. The van der Waals surface area contributed by atoms with Gasteiger partial charge in [0, 0.05) is 13.1 Å². The lowest BCUT2D eigenvalue weighted by atomic mass is 9.78. The van der Waals surface area contributed by atoms with Crippen molar-refractivity contribution >= 4 is 5.91 Å². The van der Waals surface area contributed by atoms with Gasteiger partial charge in [-0.05, 0) is 55.5 Å². The van der Waals surface area contributed by atoms with E-state index in [9.17, 15) is 9.90 Å². The van der Waals surface area contributed by atoms with Gasteiger partial charge in [-0.25, -0.2) is 0 Å². The average molecular weight is 304 g/mol. The number of hydrogen-bond donors (Lipinski definition) is 2. The van der Waals surface area contributed by atoms with Crippen LogP contribution in [0, 0.1) is 5.41 Å². The summed E-state index contributed by atoms with van der Waals surface area (Å²) in [4.78, 5) is 14.4. The molecule has 0 bridgehead atoms. The molecule has 2 aliphatic rings. The summed E-state index contributed by atoms with van der Waals surface area (Å²) in [5.41, 5.74) is 0.887. The molecule has 22 heavy (non-hydrogen) atoms. The van der Waals surface area contributed by atoms with Crippen molar-refractivity contribution in [3.63, 3.8) is 0 Å². The number of aliphatic hydroxyl groups excluding tert-OH is 1. The van der Waals surface area contributed by atoms with Gasteiger partial charge in [-0.2, -0.15) is 0 Å². The number of ether oxygens (including phenoxy) is 1. The fraction of sp³-hybridized carbons (Fsp3) is 0.588. The quantitative estimate of drug-likeness (QED) is 0.884. The molecule has 1 spiro atoms. The molecule has 1 atom stereocenters. The zero-order valence-corrected chi connectivity index (χ0v) is 13.0. The summed E-state index contributed by atoms with van der Waals surface area (Å²) in [5.74, 6) is 0.541. The first-order valence-corrected chi connectivity index (χ1v) is 7.95. The van der Waals surface area contributed by atoms with Gasteiger partial charge >= 0.3 is 0 Å². The van der Waals surface area contributed by atoms with Crippen molar-refractivity contribution in [2.75, 3.05) is 33.3 Å². The number of nitrogens with zero attached hydrogens (tertiary/aromatic N) is 1. The molecule has 2 heterocycles. The molecule has 2 saturated heterocycles. The van der Waals surface area contributed by atoms with Crippen LogP contribution in [0.15, 0.2) is 24.3 Å².